The summed E-state index contributed by atoms with van der Waals surface area (Å²) in [5.74, 6) is 5.66. The molecule has 21 heavy (non-hydrogen) atoms. The van der Waals surface area contributed by atoms with Crippen LogP contribution in [0.4, 0.5) is 4.79 Å². The topological polar surface area (TPSA) is 62.7 Å². The van der Waals surface area contributed by atoms with E-state index in [-0.39, 0.29) is 6.54 Å². The average molecular weight is 288 g/mol. The van der Waals surface area contributed by atoms with Crippen LogP contribution < -0.4 is 0 Å². The van der Waals surface area contributed by atoms with Crippen LogP contribution in [0.25, 0.3) is 0 Å². The zero-order chi connectivity index (χ0) is 15.5. The smallest absolute Gasteiger partial charge is 0.410 e. The molecule has 5 heteroatoms. The zero-order valence-corrected chi connectivity index (χ0v) is 12.6. The fourth-order valence-electron chi connectivity index (χ4n) is 2.00. The molecule has 0 spiro atoms. The van der Waals surface area contributed by atoms with Crippen LogP contribution in [0.5, 0.6) is 0 Å². The molecule has 0 bridgehead atoms. The van der Waals surface area contributed by atoms with Crippen molar-refractivity contribution < 1.29 is 14.6 Å². The van der Waals surface area contributed by atoms with E-state index < -0.39 is 17.3 Å². The van der Waals surface area contributed by atoms with E-state index in [0.717, 1.165) is 0 Å². The van der Waals surface area contributed by atoms with Gasteiger partial charge in [-0.15, -0.1) is 0 Å². The van der Waals surface area contributed by atoms with Gasteiger partial charge in [0.05, 0.1) is 6.54 Å². The molecule has 1 fully saturated rings. The maximum Gasteiger partial charge on any atom is 0.410 e. The number of hydrogen-bond acceptors (Lipinski definition) is 4. The maximum atomic E-state index is 12.0. The van der Waals surface area contributed by atoms with Crippen molar-refractivity contribution in [2.45, 2.75) is 38.4 Å². The molecule has 1 amide bonds. The quantitative estimate of drug-likeness (QED) is 0.740. The van der Waals surface area contributed by atoms with Crippen molar-refractivity contribution in [1.29, 1.82) is 0 Å². The lowest BCUT2D eigenvalue weighted by molar-refractivity contribution is 0.0239. The van der Waals surface area contributed by atoms with Gasteiger partial charge in [-0.1, -0.05) is 12.0 Å². The van der Waals surface area contributed by atoms with Crippen molar-refractivity contribution in [2.24, 2.45) is 0 Å². The molecule has 1 N–H and O–H groups in total. The second-order valence-corrected chi connectivity index (χ2v) is 6.15. The molecule has 2 rings (SSSR count). The first-order chi connectivity index (χ1) is 9.77. The number of aliphatic hydroxyl groups is 1. The first kappa shape index (κ1) is 15.3. The number of nitrogens with zero attached hydrogens (tertiary/aromatic N) is 2. The van der Waals surface area contributed by atoms with Gasteiger partial charge in [-0.25, -0.2) is 9.78 Å². The molecule has 1 aromatic heterocycles. The molecule has 0 saturated carbocycles. The Morgan fingerprint density at radius 2 is 2.24 bits per heavy atom. The van der Waals surface area contributed by atoms with E-state index in [1.165, 1.54) is 4.90 Å². The van der Waals surface area contributed by atoms with Crippen molar-refractivity contribution in [3.05, 3.63) is 30.1 Å². The number of carbonyl (C=O) groups is 1. The lowest BCUT2D eigenvalue weighted by atomic mass is 10.0. The van der Waals surface area contributed by atoms with Gasteiger partial charge >= 0.3 is 6.09 Å². The summed E-state index contributed by atoms with van der Waals surface area (Å²) in [6, 6.07) is 5.42. The summed E-state index contributed by atoms with van der Waals surface area (Å²) in [5.41, 5.74) is -1.15. The number of aromatic nitrogens is 1. The van der Waals surface area contributed by atoms with Crippen LogP contribution in [0.2, 0.25) is 0 Å². The first-order valence-electron chi connectivity index (χ1n) is 6.92. The van der Waals surface area contributed by atoms with Gasteiger partial charge in [0.1, 0.15) is 16.9 Å². The largest absolute Gasteiger partial charge is 0.444 e. The second kappa shape index (κ2) is 5.74. The summed E-state index contributed by atoms with van der Waals surface area (Å²) in [6.45, 7) is 6.03. The minimum Gasteiger partial charge on any atom is -0.444 e. The van der Waals surface area contributed by atoms with E-state index in [2.05, 4.69) is 16.8 Å². The molecule has 112 valence electrons. The molecule has 1 unspecified atom stereocenters. The van der Waals surface area contributed by atoms with Crippen LogP contribution in [0.3, 0.4) is 0 Å². The van der Waals surface area contributed by atoms with Crippen molar-refractivity contribution in [3.8, 4) is 11.8 Å². The minimum absolute atomic E-state index is 0.155. The van der Waals surface area contributed by atoms with E-state index in [1.54, 1.807) is 18.3 Å². The van der Waals surface area contributed by atoms with Gasteiger partial charge in [-0.05, 0) is 38.8 Å². The Morgan fingerprint density at radius 1 is 1.48 bits per heavy atom. The van der Waals surface area contributed by atoms with Crippen LogP contribution in [0.15, 0.2) is 24.4 Å². The van der Waals surface area contributed by atoms with Crippen LogP contribution in [0.1, 0.15) is 32.9 Å². The predicted molar refractivity (Wildman–Crippen MR) is 78.5 cm³/mol. The maximum absolute atomic E-state index is 12.0. The number of amides is 1. The van der Waals surface area contributed by atoms with Crippen LogP contribution in [0, 0.1) is 11.8 Å². The molecular formula is C16H20N2O3. The number of carbonyl (C=O) groups excluding carboxylic acids is 1. The highest BCUT2D eigenvalue weighted by Gasteiger charge is 2.38. The molecule has 1 atom stereocenters. The molecule has 1 aliphatic heterocycles. The van der Waals surface area contributed by atoms with Gasteiger partial charge in [0.25, 0.3) is 0 Å². The fourth-order valence-corrected chi connectivity index (χ4v) is 2.00. The van der Waals surface area contributed by atoms with E-state index in [4.69, 9.17) is 4.74 Å². The summed E-state index contributed by atoms with van der Waals surface area (Å²) in [5, 5.41) is 10.4. The van der Waals surface area contributed by atoms with Crippen LogP contribution in [-0.2, 0) is 4.74 Å². The normalized spacial score (nSPS) is 21.6. The highest BCUT2D eigenvalue weighted by molar-refractivity contribution is 5.69. The monoisotopic (exact) mass is 288 g/mol. The zero-order valence-electron chi connectivity index (χ0n) is 12.6. The SMILES string of the molecule is CC(C)(C)OC(=O)N1CCC(O)(C#Cc2ccccn2)C1. The standard InChI is InChI=1S/C16H20N2O3/c1-15(2,3)21-14(19)18-11-9-16(20,12-18)8-7-13-6-4-5-10-17-13/h4-6,10,20H,9,11-12H2,1-3H3. The summed E-state index contributed by atoms with van der Waals surface area (Å²) in [7, 11) is 0. The number of ether oxygens (including phenoxy) is 1. The van der Waals surface area contributed by atoms with E-state index in [0.29, 0.717) is 18.7 Å². The lowest BCUT2D eigenvalue weighted by Crippen LogP contribution is -2.38. The summed E-state index contributed by atoms with van der Waals surface area (Å²) >= 11 is 0. The van der Waals surface area contributed by atoms with Gasteiger partial charge in [0, 0.05) is 19.2 Å². The van der Waals surface area contributed by atoms with Gasteiger partial charge < -0.3 is 14.7 Å². The number of hydrogen-bond donors (Lipinski definition) is 1. The van der Waals surface area contributed by atoms with Gasteiger partial charge in [0.2, 0.25) is 0 Å². The Morgan fingerprint density at radius 3 is 2.86 bits per heavy atom. The summed E-state index contributed by atoms with van der Waals surface area (Å²) < 4.78 is 5.29. The Labute approximate surface area is 124 Å². The molecule has 1 aromatic rings. The Bertz CT molecular complexity index is 569. The molecule has 2 heterocycles. The Hall–Kier alpha value is -2.06. The number of likely N-dealkylation sites (tertiary alicyclic amines) is 1. The Balaban J connectivity index is 2.01. The second-order valence-electron chi connectivity index (χ2n) is 6.15. The highest BCUT2D eigenvalue weighted by Crippen LogP contribution is 2.22. The highest BCUT2D eigenvalue weighted by atomic mass is 16.6. The number of pyridine rings is 1. The summed E-state index contributed by atoms with van der Waals surface area (Å²) in [4.78, 5) is 17.5. The molecule has 0 aliphatic carbocycles. The predicted octanol–water partition coefficient (Wildman–Crippen LogP) is 1.81. The molecule has 0 aromatic carbocycles. The third-order valence-corrected chi connectivity index (χ3v) is 2.99. The van der Waals surface area contributed by atoms with Crippen LogP contribution in [-0.4, -0.2) is 45.4 Å². The average Bonchev–Trinajstić information content (AvgIpc) is 2.79. The van der Waals surface area contributed by atoms with Crippen molar-refractivity contribution in [3.63, 3.8) is 0 Å². The molecule has 1 saturated heterocycles. The Kier molecular flexibility index (Phi) is 4.19. The first-order valence-corrected chi connectivity index (χ1v) is 6.92. The minimum atomic E-state index is -1.20. The van der Waals surface area contributed by atoms with Crippen molar-refractivity contribution in [1.82, 2.24) is 9.88 Å². The number of rotatable bonds is 0. The van der Waals surface area contributed by atoms with Gasteiger partial charge in [0.15, 0.2) is 0 Å². The van der Waals surface area contributed by atoms with Crippen molar-refractivity contribution in [2.75, 3.05) is 13.1 Å². The molecule has 1 aliphatic rings. The third-order valence-electron chi connectivity index (χ3n) is 2.99. The van der Waals surface area contributed by atoms with E-state index >= 15 is 0 Å². The summed E-state index contributed by atoms with van der Waals surface area (Å²) in [6.07, 6.45) is 1.64. The van der Waals surface area contributed by atoms with E-state index in [9.17, 15) is 9.90 Å². The van der Waals surface area contributed by atoms with Gasteiger partial charge in [-0.3, -0.25) is 0 Å². The molecule has 0 radical (unpaired) electrons. The fraction of sp³-hybridized carbons (Fsp3) is 0.500. The number of β-amino-alcohol motifs (C(OH)–C–C–N with tert-alkyl or cyclic N) is 1. The lowest BCUT2D eigenvalue weighted by Gasteiger charge is -2.24. The molecule has 5 nitrogen and oxygen atoms in total. The van der Waals surface area contributed by atoms with E-state index in [1.807, 2.05) is 26.8 Å². The van der Waals surface area contributed by atoms with Gasteiger partial charge in [-0.2, -0.15) is 0 Å². The molecular weight excluding hydrogens is 268 g/mol. The van der Waals surface area contributed by atoms with Crippen molar-refractivity contribution >= 4 is 6.09 Å². The van der Waals surface area contributed by atoms with Crippen LogP contribution >= 0.6 is 0 Å². The third kappa shape index (κ3) is 4.47.